The third-order valence-corrected chi connectivity index (χ3v) is 7.79. The lowest BCUT2D eigenvalue weighted by atomic mass is 10.1. The molecule has 0 aliphatic rings. The third kappa shape index (κ3) is 13.0. The molecule has 2 atom stereocenters. The maximum Gasteiger partial charge on any atom is 0.335 e. The van der Waals surface area contributed by atoms with Crippen molar-refractivity contribution in [2.75, 3.05) is 30.3 Å². The number of nitrogens with zero attached hydrogens (tertiary/aromatic N) is 1. The lowest BCUT2D eigenvalue weighted by Crippen LogP contribution is -2.28. The largest absolute Gasteiger partial charge is 0.464 e. The summed E-state index contributed by atoms with van der Waals surface area (Å²) in [4.78, 5) is 48.1. The van der Waals surface area contributed by atoms with Crippen LogP contribution in [0.3, 0.4) is 0 Å². The van der Waals surface area contributed by atoms with E-state index in [1.54, 1.807) is 56.5 Å². The highest BCUT2D eigenvalue weighted by molar-refractivity contribution is 7.99. The van der Waals surface area contributed by atoms with Crippen LogP contribution in [0.1, 0.15) is 50.9 Å². The number of amides is 1. The number of ketones is 1. The number of nitrogens with one attached hydrogen (secondary N) is 2. The number of anilines is 1. The molecular formula is C32H40N3O9PS. The van der Waals surface area contributed by atoms with Crippen molar-refractivity contribution in [3.8, 4) is 17.2 Å². The van der Waals surface area contributed by atoms with E-state index >= 15 is 0 Å². The molecule has 0 fully saturated rings. The van der Waals surface area contributed by atoms with E-state index in [4.69, 9.17) is 18.5 Å². The van der Waals surface area contributed by atoms with Crippen molar-refractivity contribution in [1.82, 2.24) is 5.32 Å². The Labute approximate surface area is 274 Å². The SMILES string of the molecule is CC.CCOC(=O)[C@@H](C)OP(CCNC(=O)CCC(=O)c1cccc(Oc2cc([N+](=O)[O-])ccc2NSC)c1)Oc1ccccc1. The summed E-state index contributed by atoms with van der Waals surface area (Å²) in [6.45, 7) is 7.72. The number of hydrogen-bond acceptors (Lipinski definition) is 11. The summed E-state index contributed by atoms with van der Waals surface area (Å²) in [5.74, 6) is 0.00980. The second-order valence-corrected chi connectivity index (χ2v) is 11.2. The fourth-order valence-corrected chi connectivity index (χ4v) is 5.43. The second kappa shape index (κ2) is 20.8. The third-order valence-electron chi connectivity index (χ3n) is 5.81. The number of nitro benzene ring substituents is 1. The molecule has 0 saturated carbocycles. The van der Waals surface area contributed by atoms with Crippen LogP contribution in [0.15, 0.2) is 72.8 Å². The monoisotopic (exact) mass is 673 g/mol. The number of hydrogen-bond donors (Lipinski definition) is 2. The quantitative estimate of drug-likeness (QED) is 0.0343. The van der Waals surface area contributed by atoms with Crippen molar-refractivity contribution in [2.45, 2.75) is 46.6 Å². The minimum atomic E-state index is -1.58. The maximum absolute atomic E-state index is 12.9. The lowest BCUT2D eigenvalue weighted by Gasteiger charge is -2.21. The van der Waals surface area contributed by atoms with Crippen molar-refractivity contribution >= 4 is 49.4 Å². The van der Waals surface area contributed by atoms with E-state index in [0.29, 0.717) is 28.9 Å². The molecule has 0 bridgehead atoms. The topological polar surface area (TPSA) is 155 Å². The highest BCUT2D eigenvalue weighted by Crippen LogP contribution is 2.40. The average Bonchev–Trinajstić information content (AvgIpc) is 3.06. The van der Waals surface area contributed by atoms with E-state index in [0.717, 1.165) is 0 Å². The zero-order valence-electron chi connectivity index (χ0n) is 26.5. The summed E-state index contributed by atoms with van der Waals surface area (Å²) in [6, 6.07) is 19.6. The Morgan fingerprint density at radius 2 is 1.70 bits per heavy atom. The zero-order chi connectivity index (χ0) is 33.9. The van der Waals surface area contributed by atoms with Crippen molar-refractivity contribution in [3.05, 3.63) is 88.5 Å². The summed E-state index contributed by atoms with van der Waals surface area (Å²) in [7, 11) is -1.58. The Morgan fingerprint density at radius 3 is 2.37 bits per heavy atom. The molecule has 2 N–H and O–H groups in total. The van der Waals surface area contributed by atoms with Crippen LogP contribution in [0.25, 0.3) is 0 Å². The molecular weight excluding hydrogens is 633 g/mol. The van der Waals surface area contributed by atoms with Crippen molar-refractivity contribution in [3.63, 3.8) is 0 Å². The van der Waals surface area contributed by atoms with Crippen LogP contribution in [0.4, 0.5) is 11.4 Å². The maximum atomic E-state index is 12.9. The number of carbonyl (C=O) groups excluding carboxylic acids is 3. The number of carbonyl (C=O) groups is 3. The first-order chi connectivity index (χ1) is 22.2. The normalized spacial score (nSPS) is 11.6. The molecule has 3 aromatic rings. The number of nitro groups is 1. The summed E-state index contributed by atoms with van der Waals surface area (Å²) in [5, 5.41) is 14.0. The van der Waals surface area contributed by atoms with Crippen LogP contribution in [0.5, 0.6) is 17.2 Å². The molecule has 0 radical (unpaired) electrons. The Morgan fingerprint density at radius 1 is 0.978 bits per heavy atom. The summed E-state index contributed by atoms with van der Waals surface area (Å²) < 4.78 is 25.6. The standard InChI is InChI=1S/C30H34N3O9PS.C2H6/c1-4-39-30(36)21(2)41-43(42-24-10-6-5-7-11-24)18-17-31-29(35)16-15-27(34)22-9-8-12-25(19-22)40-28-20-23(33(37)38)13-14-26(28)32-44-3;1-2/h5-14,19-21,32H,4,15-18H2,1-3H3,(H,31,35);1-2H3/t21-,43?;/m1./s1. The number of para-hydroxylation sites is 1. The second-order valence-electron chi connectivity index (χ2n) is 9.11. The zero-order valence-corrected chi connectivity index (χ0v) is 28.2. The lowest BCUT2D eigenvalue weighted by molar-refractivity contribution is -0.384. The van der Waals surface area contributed by atoms with Gasteiger partial charge in [0, 0.05) is 43.4 Å². The minimum absolute atomic E-state index is 0.0446. The average molecular weight is 674 g/mol. The summed E-state index contributed by atoms with van der Waals surface area (Å²) in [6.07, 6.45) is 1.17. The van der Waals surface area contributed by atoms with E-state index in [1.165, 1.54) is 30.1 Å². The Balaban J connectivity index is 0.00000361. The van der Waals surface area contributed by atoms with Gasteiger partial charge in [0.2, 0.25) is 14.3 Å². The van der Waals surface area contributed by atoms with Gasteiger partial charge >= 0.3 is 5.97 Å². The van der Waals surface area contributed by atoms with Gasteiger partial charge < -0.3 is 28.6 Å². The molecule has 1 unspecified atom stereocenters. The number of esters is 1. The van der Waals surface area contributed by atoms with E-state index in [9.17, 15) is 24.5 Å². The van der Waals surface area contributed by atoms with Gasteiger partial charge in [0.25, 0.3) is 5.69 Å². The molecule has 12 nitrogen and oxygen atoms in total. The molecule has 248 valence electrons. The van der Waals surface area contributed by atoms with Crippen molar-refractivity contribution < 1.29 is 37.8 Å². The van der Waals surface area contributed by atoms with E-state index in [1.807, 2.05) is 32.0 Å². The highest BCUT2D eigenvalue weighted by atomic mass is 32.2. The Bertz CT molecular complexity index is 1430. The molecule has 3 aromatic carbocycles. The molecule has 0 spiro atoms. The number of non-ortho nitro benzene ring substituents is 1. The molecule has 0 aliphatic carbocycles. The summed E-state index contributed by atoms with van der Waals surface area (Å²) >= 11 is 1.30. The van der Waals surface area contributed by atoms with Crippen molar-refractivity contribution in [1.29, 1.82) is 0 Å². The molecule has 0 aromatic heterocycles. The number of ether oxygens (including phenoxy) is 2. The van der Waals surface area contributed by atoms with Gasteiger partial charge in [-0.05, 0) is 44.2 Å². The highest BCUT2D eigenvalue weighted by Gasteiger charge is 2.23. The van der Waals surface area contributed by atoms with Gasteiger partial charge in [0.15, 0.2) is 17.6 Å². The van der Waals surface area contributed by atoms with Crippen LogP contribution in [-0.4, -0.2) is 54.3 Å². The van der Waals surface area contributed by atoms with E-state index < -0.39 is 25.4 Å². The van der Waals surface area contributed by atoms with Crippen LogP contribution >= 0.6 is 20.3 Å². The van der Waals surface area contributed by atoms with Gasteiger partial charge in [-0.1, -0.05) is 56.1 Å². The van der Waals surface area contributed by atoms with Crippen LogP contribution in [0, 0.1) is 10.1 Å². The fraction of sp³-hybridized carbons (Fsp3) is 0.344. The minimum Gasteiger partial charge on any atom is -0.464 e. The number of benzene rings is 3. The summed E-state index contributed by atoms with van der Waals surface area (Å²) in [5.41, 5.74) is 0.737. The molecule has 46 heavy (non-hydrogen) atoms. The molecule has 0 saturated heterocycles. The molecule has 1 amide bonds. The van der Waals surface area contributed by atoms with E-state index in [2.05, 4.69) is 10.0 Å². The van der Waals surface area contributed by atoms with Gasteiger partial charge in [0.05, 0.1) is 23.3 Å². The van der Waals surface area contributed by atoms with Crippen LogP contribution in [-0.2, 0) is 18.8 Å². The first-order valence-corrected chi connectivity index (χ1v) is 17.3. The molecule has 14 heteroatoms. The van der Waals surface area contributed by atoms with Gasteiger partial charge in [-0.2, -0.15) is 0 Å². The van der Waals surface area contributed by atoms with E-state index in [-0.39, 0.29) is 49.1 Å². The molecule has 0 heterocycles. The predicted octanol–water partition coefficient (Wildman–Crippen LogP) is 7.54. The van der Waals surface area contributed by atoms with Gasteiger partial charge in [-0.25, -0.2) is 4.79 Å². The first kappa shape index (κ1) is 38.0. The van der Waals surface area contributed by atoms with Crippen LogP contribution in [0.2, 0.25) is 0 Å². The van der Waals surface area contributed by atoms with Gasteiger partial charge in [0.1, 0.15) is 11.5 Å². The molecule has 0 aliphatic heterocycles. The van der Waals surface area contributed by atoms with Gasteiger partial charge in [-0.15, -0.1) is 0 Å². The number of Topliss-reactive ketones (excluding diaryl/α,β-unsaturated/α-hetero) is 1. The fourth-order valence-electron chi connectivity index (χ4n) is 3.71. The van der Waals surface area contributed by atoms with Gasteiger partial charge in [-0.3, -0.25) is 19.7 Å². The Kier molecular flexibility index (Phi) is 17.2. The number of rotatable bonds is 18. The smallest absolute Gasteiger partial charge is 0.335 e. The molecule has 3 rings (SSSR count). The predicted molar refractivity (Wildman–Crippen MR) is 181 cm³/mol. The van der Waals surface area contributed by atoms with Crippen molar-refractivity contribution in [2.24, 2.45) is 0 Å². The Hall–Kier alpha value is -4.19. The van der Waals surface area contributed by atoms with Crippen LogP contribution < -0.4 is 19.3 Å². The first-order valence-electron chi connectivity index (χ1n) is 14.7.